The van der Waals surface area contributed by atoms with Gasteiger partial charge in [-0.2, -0.15) is 5.10 Å². The molecule has 1 unspecified atom stereocenters. The Hall–Kier alpha value is -0.830. The summed E-state index contributed by atoms with van der Waals surface area (Å²) in [5.74, 6) is 1.56. The number of nitrogens with two attached hydrogens (primary N) is 1. The highest BCUT2D eigenvalue weighted by molar-refractivity contribution is 5.06. The maximum atomic E-state index is 6.45. The van der Waals surface area contributed by atoms with Gasteiger partial charge in [-0.1, -0.05) is 20.8 Å². The molecule has 0 spiro atoms. The quantitative estimate of drug-likeness (QED) is 0.913. The van der Waals surface area contributed by atoms with Gasteiger partial charge in [-0.05, 0) is 61.8 Å². The van der Waals surface area contributed by atoms with Crippen LogP contribution in [0.15, 0.2) is 12.4 Å². The van der Waals surface area contributed by atoms with Crippen LogP contribution in [0.5, 0.6) is 0 Å². The minimum atomic E-state index is 0.297. The maximum absolute atomic E-state index is 6.45. The average molecular weight is 277 g/mol. The van der Waals surface area contributed by atoms with Crippen molar-refractivity contribution in [1.82, 2.24) is 9.78 Å². The van der Waals surface area contributed by atoms with E-state index in [1.165, 1.54) is 31.2 Å². The molecule has 3 nitrogen and oxygen atoms in total. The Bertz CT molecular complexity index is 408. The second-order valence-electron chi connectivity index (χ2n) is 7.55. The second-order valence-corrected chi connectivity index (χ2v) is 7.55. The van der Waals surface area contributed by atoms with Gasteiger partial charge >= 0.3 is 0 Å². The molecule has 1 saturated carbocycles. The highest BCUT2D eigenvalue weighted by atomic mass is 15.3. The standard InChI is InChI=1S/C17H31N3/c1-5-20-12-13(11-19-20)10-16(18)14-6-8-15(9-7-14)17(2,3)4/h11-12,14-16H,5-10,18H2,1-4H3. The third-order valence-corrected chi connectivity index (χ3v) is 5.08. The molecule has 20 heavy (non-hydrogen) atoms. The number of hydrogen-bond acceptors (Lipinski definition) is 2. The summed E-state index contributed by atoms with van der Waals surface area (Å²) in [7, 11) is 0. The van der Waals surface area contributed by atoms with Crippen LogP contribution < -0.4 is 5.73 Å². The zero-order valence-electron chi connectivity index (χ0n) is 13.6. The van der Waals surface area contributed by atoms with E-state index in [9.17, 15) is 0 Å². The molecular weight excluding hydrogens is 246 g/mol. The molecule has 1 heterocycles. The van der Waals surface area contributed by atoms with Crippen molar-refractivity contribution in [2.45, 2.75) is 72.4 Å². The van der Waals surface area contributed by atoms with Gasteiger partial charge in [-0.15, -0.1) is 0 Å². The van der Waals surface area contributed by atoms with Crippen molar-refractivity contribution in [3.05, 3.63) is 18.0 Å². The molecule has 0 aliphatic heterocycles. The fourth-order valence-corrected chi connectivity index (χ4v) is 3.54. The summed E-state index contributed by atoms with van der Waals surface area (Å²) in [5.41, 5.74) is 8.19. The SMILES string of the molecule is CCn1cc(CC(N)C2CCC(C(C)(C)C)CC2)cn1. The predicted molar refractivity (Wildman–Crippen MR) is 84.5 cm³/mol. The Morgan fingerprint density at radius 1 is 1.30 bits per heavy atom. The summed E-state index contributed by atoms with van der Waals surface area (Å²) in [4.78, 5) is 0. The molecule has 1 atom stereocenters. The summed E-state index contributed by atoms with van der Waals surface area (Å²) in [6.07, 6.45) is 10.4. The monoisotopic (exact) mass is 277 g/mol. The van der Waals surface area contributed by atoms with Gasteiger partial charge in [0.05, 0.1) is 6.20 Å². The van der Waals surface area contributed by atoms with Crippen LogP contribution in [0.4, 0.5) is 0 Å². The second kappa shape index (κ2) is 6.30. The van der Waals surface area contributed by atoms with Crippen molar-refractivity contribution in [3.63, 3.8) is 0 Å². The zero-order chi connectivity index (χ0) is 14.8. The Kier molecular flexibility index (Phi) is 4.90. The smallest absolute Gasteiger partial charge is 0.0522 e. The van der Waals surface area contributed by atoms with Crippen LogP contribution >= 0.6 is 0 Å². The number of aryl methyl sites for hydroxylation is 1. The Morgan fingerprint density at radius 3 is 2.45 bits per heavy atom. The number of nitrogens with zero attached hydrogens (tertiary/aromatic N) is 2. The van der Waals surface area contributed by atoms with Crippen molar-refractivity contribution in [2.75, 3.05) is 0 Å². The van der Waals surface area contributed by atoms with E-state index in [1.807, 2.05) is 10.9 Å². The lowest BCUT2D eigenvalue weighted by Crippen LogP contribution is -2.36. The predicted octanol–water partition coefficient (Wildman–Crippen LogP) is 3.63. The van der Waals surface area contributed by atoms with Gasteiger partial charge in [0, 0.05) is 18.8 Å². The van der Waals surface area contributed by atoms with Crippen LogP contribution in [-0.4, -0.2) is 15.8 Å². The fraction of sp³-hybridized carbons (Fsp3) is 0.824. The van der Waals surface area contributed by atoms with Gasteiger partial charge in [0.25, 0.3) is 0 Å². The third-order valence-electron chi connectivity index (χ3n) is 5.08. The average Bonchev–Trinajstić information content (AvgIpc) is 2.85. The van der Waals surface area contributed by atoms with Crippen LogP contribution in [0.3, 0.4) is 0 Å². The highest BCUT2D eigenvalue weighted by Crippen LogP contribution is 2.40. The molecule has 0 saturated heterocycles. The zero-order valence-corrected chi connectivity index (χ0v) is 13.6. The van der Waals surface area contributed by atoms with Crippen molar-refractivity contribution < 1.29 is 0 Å². The van der Waals surface area contributed by atoms with Gasteiger partial charge in [0.1, 0.15) is 0 Å². The molecule has 1 aliphatic rings. The molecule has 0 radical (unpaired) electrons. The minimum absolute atomic E-state index is 0.297. The molecule has 0 aromatic carbocycles. The highest BCUT2D eigenvalue weighted by Gasteiger charge is 2.31. The Morgan fingerprint density at radius 2 is 1.95 bits per heavy atom. The number of hydrogen-bond donors (Lipinski definition) is 1. The summed E-state index contributed by atoms with van der Waals surface area (Å²) >= 11 is 0. The van der Waals surface area contributed by atoms with E-state index in [4.69, 9.17) is 5.73 Å². The number of rotatable bonds is 4. The summed E-state index contributed by atoms with van der Waals surface area (Å²) in [6, 6.07) is 0.297. The van der Waals surface area contributed by atoms with E-state index < -0.39 is 0 Å². The van der Waals surface area contributed by atoms with Crippen molar-refractivity contribution >= 4 is 0 Å². The molecule has 1 fully saturated rings. The van der Waals surface area contributed by atoms with E-state index in [1.54, 1.807) is 0 Å². The normalized spacial score (nSPS) is 25.6. The molecule has 1 aromatic heterocycles. The molecule has 2 N–H and O–H groups in total. The van der Waals surface area contributed by atoms with E-state index in [0.29, 0.717) is 17.4 Å². The van der Waals surface area contributed by atoms with Crippen LogP contribution in [0.1, 0.15) is 58.9 Å². The molecule has 3 heteroatoms. The van der Waals surface area contributed by atoms with Gasteiger partial charge in [0.2, 0.25) is 0 Å². The lowest BCUT2D eigenvalue weighted by atomic mass is 9.68. The van der Waals surface area contributed by atoms with Gasteiger partial charge in [-0.3, -0.25) is 4.68 Å². The largest absolute Gasteiger partial charge is 0.327 e. The minimum Gasteiger partial charge on any atom is -0.327 e. The number of aromatic nitrogens is 2. The fourth-order valence-electron chi connectivity index (χ4n) is 3.54. The van der Waals surface area contributed by atoms with E-state index in [2.05, 4.69) is 39.0 Å². The first kappa shape index (κ1) is 15.6. The van der Waals surface area contributed by atoms with E-state index in [0.717, 1.165) is 18.9 Å². The summed E-state index contributed by atoms with van der Waals surface area (Å²) in [6.45, 7) is 10.2. The first-order valence-corrected chi connectivity index (χ1v) is 8.17. The van der Waals surface area contributed by atoms with Crippen molar-refractivity contribution in [1.29, 1.82) is 0 Å². The topological polar surface area (TPSA) is 43.8 Å². The lowest BCUT2D eigenvalue weighted by Gasteiger charge is -2.38. The Balaban J connectivity index is 1.84. The van der Waals surface area contributed by atoms with E-state index in [-0.39, 0.29) is 0 Å². The lowest BCUT2D eigenvalue weighted by molar-refractivity contribution is 0.139. The van der Waals surface area contributed by atoms with Gasteiger partial charge in [0.15, 0.2) is 0 Å². The van der Waals surface area contributed by atoms with Crippen LogP contribution in [0.25, 0.3) is 0 Å². The van der Waals surface area contributed by atoms with Crippen molar-refractivity contribution in [3.8, 4) is 0 Å². The molecule has 2 rings (SSSR count). The molecule has 1 aromatic rings. The van der Waals surface area contributed by atoms with Crippen LogP contribution in [0, 0.1) is 17.3 Å². The first-order chi connectivity index (χ1) is 9.40. The Labute approximate surface area is 123 Å². The van der Waals surface area contributed by atoms with Crippen LogP contribution in [-0.2, 0) is 13.0 Å². The van der Waals surface area contributed by atoms with Crippen molar-refractivity contribution in [2.24, 2.45) is 23.0 Å². The molecule has 0 bridgehead atoms. The molecular formula is C17H31N3. The summed E-state index contributed by atoms with van der Waals surface area (Å²) in [5, 5.41) is 4.34. The van der Waals surface area contributed by atoms with Gasteiger partial charge in [-0.25, -0.2) is 0 Å². The van der Waals surface area contributed by atoms with Crippen LogP contribution in [0.2, 0.25) is 0 Å². The maximum Gasteiger partial charge on any atom is 0.0522 e. The summed E-state index contributed by atoms with van der Waals surface area (Å²) < 4.78 is 1.98. The molecule has 1 aliphatic carbocycles. The van der Waals surface area contributed by atoms with E-state index >= 15 is 0 Å². The molecule has 0 amide bonds. The van der Waals surface area contributed by atoms with Gasteiger partial charge < -0.3 is 5.73 Å². The third kappa shape index (κ3) is 3.85. The molecule has 114 valence electrons. The first-order valence-electron chi connectivity index (χ1n) is 8.17.